The molecule has 8 rings (SSSR count). The molecule has 0 aliphatic carbocycles. The number of nitrogens with zero attached hydrogens (tertiary/aromatic N) is 2. The maximum absolute atomic E-state index is 5.29. The smallest absolute Gasteiger partial charge is 0.161 e. The Morgan fingerprint density at radius 1 is 0.372 bits per heavy atom. The van der Waals surface area contributed by atoms with E-state index in [1.165, 1.54) is 21.2 Å². The van der Waals surface area contributed by atoms with Gasteiger partial charge in [0.1, 0.15) is 4.83 Å². The molecule has 0 radical (unpaired) electrons. The van der Waals surface area contributed by atoms with Crippen LogP contribution < -0.4 is 0 Å². The minimum atomic E-state index is 0.733. The Morgan fingerprint density at radius 2 is 0.860 bits per heavy atom. The summed E-state index contributed by atoms with van der Waals surface area (Å²) in [5.41, 5.74) is 10.1. The average Bonchev–Trinajstić information content (AvgIpc) is 3.47. The van der Waals surface area contributed by atoms with Gasteiger partial charge in [0.05, 0.1) is 5.69 Å². The summed E-state index contributed by atoms with van der Waals surface area (Å²) in [6, 6.07) is 55.6. The molecular weight excluding hydrogens is 541 g/mol. The lowest BCUT2D eigenvalue weighted by atomic mass is 9.94. The van der Waals surface area contributed by atoms with Crippen molar-refractivity contribution in [2.24, 2.45) is 0 Å². The number of hydrogen-bond acceptors (Lipinski definition) is 3. The van der Waals surface area contributed by atoms with Crippen molar-refractivity contribution in [1.29, 1.82) is 0 Å². The Balaban J connectivity index is 1.37. The summed E-state index contributed by atoms with van der Waals surface area (Å²) >= 11 is 1.73. The van der Waals surface area contributed by atoms with Gasteiger partial charge >= 0.3 is 0 Å². The quantitative estimate of drug-likeness (QED) is 0.207. The van der Waals surface area contributed by atoms with Gasteiger partial charge in [0.25, 0.3) is 0 Å². The van der Waals surface area contributed by atoms with Crippen LogP contribution in [0.2, 0.25) is 0 Å². The van der Waals surface area contributed by atoms with Crippen molar-refractivity contribution in [3.63, 3.8) is 0 Å². The number of hydrogen-bond donors (Lipinski definition) is 0. The SMILES string of the molecule is c1ccc(-c2cccc(-c3cc(-c4ccccc4)cc(-c4nc(-c5ccccc5)c5c(n4)sc4ccccc45)c3)c2)cc1. The first-order chi connectivity index (χ1) is 21.3. The lowest BCUT2D eigenvalue weighted by Gasteiger charge is -2.13. The van der Waals surface area contributed by atoms with Crippen molar-refractivity contribution >= 4 is 31.6 Å². The maximum Gasteiger partial charge on any atom is 0.161 e. The van der Waals surface area contributed by atoms with E-state index < -0.39 is 0 Å². The van der Waals surface area contributed by atoms with E-state index in [4.69, 9.17) is 9.97 Å². The molecule has 0 aliphatic rings. The Labute approximate surface area is 254 Å². The van der Waals surface area contributed by atoms with Crippen LogP contribution in [0.25, 0.3) is 76.3 Å². The summed E-state index contributed by atoms with van der Waals surface area (Å²) in [5.74, 6) is 0.733. The van der Waals surface area contributed by atoms with Gasteiger partial charge in [0, 0.05) is 26.6 Å². The van der Waals surface area contributed by atoms with Gasteiger partial charge in [-0.25, -0.2) is 9.97 Å². The number of benzene rings is 6. The predicted molar refractivity (Wildman–Crippen MR) is 182 cm³/mol. The summed E-state index contributed by atoms with van der Waals surface area (Å²) < 4.78 is 1.22. The molecule has 0 saturated carbocycles. The molecule has 0 fully saturated rings. The van der Waals surface area contributed by atoms with Gasteiger partial charge in [-0.1, -0.05) is 127 Å². The molecular formula is C40H26N2S. The summed E-state index contributed by atoms with van der Waals surface area (Å²) in [6.07, 6.45) is 0. The van der Waals surface area contributed by atoms with E-state index in [1.54, 1.807) is 11.3 Å². The molecule has 0 spiro atoms. The molecule has 2 aromatic heterocycles. The van der Waals surface area contributed by atoms with Crippen LogP contribution in [0.4, 0.5) is 0 Å². The Morgan fingerprint density at radius 3 is 1.56 bits per heavy atom. The van der Waals surface area contributed by atoms with Crippen LogP contribution in [0, 0.1) is 0 Å². The highest BCUT2D eigenvalue weighted by molar-refractivity contribution is 7.25. The van der Waals surface area contributed by atoms with E-state index in [9.17, 15) is 0 Å². The molecule has 3 heteroatoms. The van der Waals surface area contributed by atoms with Gasteiger partial charge in [0.15, 0.2) is 5.82 Å². The van der Waals surface area contributed by atoms with E-state index in [1.807, 2.05) is 6.07 Å². The maximum atomic E-state index is 5.29. The Kier molecular flexibility index (Phi) is 6.36. The monoisotopic (exact) mass is 566 g/mol. The highest BCUT2D eigenvalue weighted by Gasteiger charge is 2.18. The van der Waals surface area contributed by atoms with Gasteiger partial charge in [-0.15, -0.1) is 11.3 Å². The molecule has 2 nitrogen and oxygen atoms in total. The highest BCUT2D eigenvalue weighted by Crippen LogP contribution is 2.40. The lowest BCUT2D eigenvalue weighted by Crippen LogP contribution is -1.95. The lowest BCUT2D eigenvalue weighted by molar-refractivity contribution is 1.24. The molecule has 0 N–H and O–H groups in total. The molecule has 0 aliphatic heterocycles. The van der Waals surface area contributed by atoms with Crippen molar-refractivity contribution in [2.75, 3.05) is 0 Å². The average molecular weight is 567 g/mol. The minimum absolute atomic E-state index is 0.733. The van der Waals surface area contributed by atoms with E-state index >= 15 is 0 Å². The molecule has 43 heavy (non-hydrogen) atoms. The van der Waals surface area contributed by atoms with Crippen molar-refractivity contribution < 1.29 is 0 Å². The van der Waals surface area contributed by atoms with Crippen molar-refractivity contribution in [1.82, 2.24) is 9.97 Å². The van der Waals surface area contributed by atoms with Crippen LogP contribution in [-0.2, 0) is 0 Å². The fourth-order valence-electron chi connectivity index (χ4n) is 5.79. The molecule has 0 bridgehead atoms. The second-order valence-electron chi connectivity index (χ2n) is 10.7. The molecule has 0 atom stereocenters. The summed E-state index contributed by atoms with van der Waals surface area (Å²) in [5, 5.41) is 2.31. The Bertz CT molecular complexity index is 2220. The molecule has 8 aromatic rings. The van der Waals surface area contributed by atoms with Crippen LogP contribution in [0.1, 0.15) is 0 Å². The molecule has 202 valence electrons. The second kappa shape index (κ2) is 10.8. The first-order valence-corrected chi connectivity index (χ1v) is 15.2. The largest absolute Gasteiger partial charge is 0.227 e. The van der Waals surface area contributed by atoms with Crippen LogP contribution in [0.5, 0.6) is 0 Å². The standard InChI is InChI=1S/C40H26N2S/c1-4-13-27(14-5-1)30-19-12-20-31(23-30)33-24-32(28-15-6-2-7-16-28)25-34(26-33)39-41-38(29-17-8-3-9-18-29)37-35-21-10-11-22-36(35)43-40(37)42-39/h1-26H. The Hall–Kier alpha value is -5.38. The van der Waals surface area contributed by atoms with Crippen molar-refractivity contribution in [3.05, 3.63) is 158 Å². The molecule has 6 aromatic carbocycles. The predicted octanol–water partition coefficient (Wildman–Crippen LogP) is 11.2. The highest BCUT2D eigenvalue weighted by atomic mass is 32.1. The molecule has 2 heterocycles. The number of thiophene rings is 1. The van der Waals surface area contributed by atoms with Gasteiger partial charge < -0.3 is 0 Å². The molecule has 0 amide bonds. The van der Waals surface area contributed by atoms with Gasteiger partial charge in [0.2, 0.25) is 0 Å². The zero-order chi connectivity index (χ0) is 28.6. The van der Waals surface area contributed by atoms with Crippen LogP contribution >= 0.6 is 11.3 Å². The minimum Gasteiger partial charge on any atom is -0.227 e. The van der Waals surface area contributed by atoms with Crippen molar-refractivity contribution in [2.45, 2.75) is 0 Å². The summed E-state index contributed by atoms with van der Waals surface area (Å²) in [7, 11) is 0. The number of fused-ring (bicyclic) bond motifs is 3. The van der Waals surface area contributed by atoms with Gasteiger partial charge in [-0.2, -0.15) is 0 Å². The topological polar surface area (TPSA) is 25.8 Å². The normalized spacial score (nSPS) is 11.3. The molecule has 0 saturated heterocycles. The summed E-state index contributed by atoms with van der Waals surface area (Å²) in [6.45, 7) is 0. The summed E-state index contributed by atoms with van der Waals surface area (Å²) in [4.78, 5) is 11.5. The second-order valence-corrected chi connectivity index (χ2v) is 11.7. The first-order valence-electron chi connectivity index (χ1n) is 14.4. The molecule has 0 unspecified atom stereocenters. The van der Waals surface area contributed by atoms with Crippen molar-refractivity contribution in [3.8, 4) is 56.0 Å². The zero-order valence-corrected chi connectivity index (χ0v) is 24.1. The fraction of sp³-hybridized carbons (Fsp3) is 0. The van der Waals surface area contributed by atoms with Gasteiger partial charge in [-0.3, -0.25) is 0 Å². The third kappa shape index (κ3) is 4.80. The van der Waals surface area contributed by atoms with E-state index in [2.05, 4.69) is 152 Å². The van der Waals surface area contributed by atoms with E-state index in [0.29, 0.717) is 0 Å². The number of aromatic nitrogens is 2. The van der Waals surface area contributed by atoms with E-state index in [-0.39, 0.29) is 0 Å². The van der Waals surface area contributed by atoms with Gasteiger partial charge in [-0.05, 0) is 63.7 Å². The van der Waals surface area contributed by atoms with Crippen LogP contribution in [0.15, 0.2) is 158 Å². The number of rotatable bonds is 5. The fourth-order valence-corrected chi connectivity index (χ4v) is 6.86. The van der Waals surface area contributed by atoms with Crippen LogP contribution in [-0.4, -0.2) is 9.97 Å². The van der Waals surface area contributed by atoms with E-state index in [0.717, 1.165) is 55.1 Å². The van der Waals surface area contributed by atoms with Crippen LogP contribution in [0.3, 0.4) is 0 Å². The first kappa shape index (κ1) is 25.3. The zero-order valence-electron chi connectivity index (χ0n) is 23.3. The third-order valence-corrected chi connectivity index (χ3v) is 8.95. The third-order valence-electron chi connectivity index (χ3n) is 7.89.